The van der Waals surface area contributed by atoms with Crippen molar-refractivity contribution in [2.45, 2.75) is 44.9 Å². The number of likely N-dealkylation sites (tertiary alicyclic amines) is 1. The van der Waals surface area contributed by atoms with Gasteiger partial charge in [-0.3, -0.25) is 9.20 Å². The summed E-state index contributed by atoms with van der Waals surface area (Å²) >= 11 is 0. The van der Waals surface area contributed by atoms with Crippen LogP contribution in [-0.4, -0.2) is 45.1 Å². The van der Waals surface area contributed by atoms with Crippen molar-refractivity contribution >= 4 is 11.6 Å². The fraction of sp³-hybridized carbons (Fsp3) is 0.435. The van der Waals surface area contributed by atoms with Gasteiger partial charge in [0.05, 0.1) is 0 Å². The maximum Gasteiger partial charge on any atom is 0.260 e. The zero-order valence-corrected chi connectivity index (χ0v) is 17.1. The van der Waals surface area contributed by atoms with Crippen LogP contribution in [0.5, 0.6) is 5.75 Å². The Morgan fingerprint density at radius 2 is 2.03 bits per heavy atom. The lowest BCUT2D eigenvalue weighted by molar-refractivity contribution is -0.134. The number of para-hydroxylation sites is 1. The molecule has 6 nitrogen and oxygen atoms in total. The largest absolute Gasteiger partial charge is 0.483 e. The maximum absolute atomic E-state index is 12.9. The normalized spacial score (nSPS) is 18.0. The van der Waals surface area contributed by atoms with Crippen molar-refractivity contribution in [2.75, 3.05) is 19.7 Å². The minimum atomic E-state index is 0.0301. The molecule has 3 heterocycles. The number of benzene rings is 1. The molecule has 6 heteroatoms. The average Bonchev–Trinajstić information content (AvgIpc) is 3.21. The summed E-state index contributed by atoms with van der Waals surface area (Å²) in [7, 11) is 0. The minimum absolute atomic E-state index is 0.0301. The molecular weight excluding hydrogens is 364 g/mol. The zero-order chi connectivity index (χ0) is 20.2. The molecule has 0 spiro atoms. The number of piperidine rings is 1. The van der Waals surface area contributed by atoms with E-state index in [2.05, 4.69) is 30.1 Å². The Balaban J connectivity index is 1.42. The molecule has 1 amide bonds. The van der Waals surface area contributed by atoms with Gasteiger partial charge in [-0.15, -0.1) is 10.2 Å². The highest BCUT2D eigenvalue weighted by Gasteiger charge is 2.28. The van der Waals surface area contributed by atoms with Gasteiger partial charge in [-0.05, 0) is 48.9 Å². The van der Waals surface area contributed by atoms with Crippen LogP contribution in [0.4, 0.5) is 0 Å². The average molecular weight is 393 g/mol. The Bertz CT molecular complexity index is 984. The van der Waals surface area contributed by atoms with Gasteiger partial charge in [0.1, 0.15) is 11.6 Å². The zero-order valence-electron chi connectivity index (χ0n) is 17.1. The number of hydrogen-bond acceptors (Lipinski definition) is 4. The lowest BCUT2D eigenvalue weighted by atomic mass is 9.97. The molecule has 2 unspecified atom stereocenters. The molecule has 1 aliphatic rings. The number of fused-ring (bicyclic) bond motifs is 1. The second-order valence-electron chi connectivity index (χ2n) is 7.80. The van der Waals surface area contributed by atoms with Crippen LogP contribution in [0.25, 0.3) is 5.65 Å². The maximum atomic E-state index is 12.9. The quantitative estimate of drug-likeness (QED) is 0.636. The van der Waals surface area contributed by atoms with Crippen molar-refractivity contribution in [1.82, 2.24) is 19.5 Å². The molecule has 1 saturated heterocycles. The van der Waals surface area contributed by atoms with Gasteiger partial charge in [0.15, 0.2) is 12.3 Å². The Kier molecular flexibility index (Phi) is 5.79. The van der Waals surface area contributed by atoms with E-state index in [0.29, 0.717) is 12.5 Å². The van der Waals surface area contributed by atoms with Gasteiger partial charge in [0.2, 0.25) is 0 Å². The fourth-order valence-electron chi connectivity index (χ4n) is 4.02. The van der Waals surface area contributed by atoms with Crippen molar-refractivity contribution in [3.8, 4) is 5.75 Å². The van der Waals surface area contributed by atoms with E-state index in [-0.39, 0.29) is 18.4 Å². The molecule has 0 bridgehead atoms. The fourth-order valence-corrected chi connectivity index (χ4v) is 4.02. The molecule has 4 rings (SSSR count). The van der Waals surface area contributed by atoms with Crippen LogP contribution in [0.15, 0.2) is 48.7 Å². The van der Waals surface area contributed by atoms with Crippen molar-refractivity contribution in [3.05, 3.63) is 60.0 Å². The first-order chi connectivity index (χ1) is 14.2. The Hall–Kier alpha value is -2.89. The topological polar surface area (TPSA) is 59.7 Å². The third-order valence-electron chi connectivity index (χ3n) is 5.89. The van der Waals surface area contributed by atoms with Crippen LogP contribution in [0.1, 0.15) is 56.3 Å². The van der Waals surface area contributed by atoms with Crippen molar-refractivity contribution in [3.63, 3.8) is 0 Å². The molecule has 3 aromatic rings. The first-order valence-electron chi connectivity index (χ1n) is 10.5. The summed E-state index contributed by atoms with van der Waals surface area (Å²) in [6.45, 7) is 5.84. The molecular formula is C23H28N4O2. The first-order valence-corrected chi connectivity index (χ1v) is 10.5. The molecule has 1 aromatic carbocycles. The van der Waals surface area contributed by atoms with Gasteiger partial charge in [-0.2, -0.15) is 0 Å². The van der Waals surface area contributed by atoms with Gasteiger partial charge >= 0.3 is 0 Å². The lowest BCUT2D eigenvalue weighted by Crippen LogP contribution is -2.42. The number of pyridine rings is 1. The Morgan fingerprint density at radius 3 is 2.90 bits per heavy atom. The smallest absolute Gasteiger partial charge is 0.260 e. The lowest BCUT2D eigenvalue weighted by Gasteiger charge is -2.32. The van der Waals surface area contributed by atoms with E-state index < -0.39 is 0 Å². The number of carbonyl (C=O) groups is 1. The number of carbonyl (C=O) groups excluding carboxylic acids is 1. The third kappa shape index (κ3) is 4.11. The summed E-state index contributed by atoms with van der Waals surface area (Å²) in [5.74, 6) is 2.37. The van der Waals surface area contributed by atoms with E-state index in [9.17, 15) is 4.79 Å². The van der Waals surface area contributed by atoms with Gasteiger partial charge in [0, 0.05) is 25.2 Å². The summed E-state index contributed by atoms with van der Waals surface area (Å²) in [6, 6.07) is 13.9. The summed E-state index contributed by atoms with van der Waals surface area (Å²) in [6.07, 6.45) is 4.99. The molecule has 2 atom stereocenters. The summed E-state index contributed by atoms with van der Waals surface area (Å²) in [4.78, 5) is 14.8. The third-order valence-corrected chi connectivity index (χ3v) is 5.89. The highest BCUT2D eigenvalue weighted by atomic mass is 16.5. The van der Waals surface area contributed by atoms with E-state index in [1.54, 1.807) is 0 Å². The van der Waals surface area contributed by atoms with Gasteiger partial charge < -0.3 is 9.64 Å². The van der Waals surface area contributed by atoms with E-state index >= 15 is 0 Å². The van der Waals surface area contributed by atoms with Gasteiger partial charge in [-0.1, -0.05) is 38.1 Å². The molecule has 0 radical (unpaired) electrons. The standard InChI is InChI=1S/C23H28N4O2/c1-3-17(2)19-10-4-5-11-20(19)29-16-22(28)26-13-8-9-18(15-26)23-25-24-21-12-6-7-14-27(21)23/h4-7,10-12,14,17-18H,3,8-9,13,15-16H2,1-2H3. The van der Waals surface area contributed by atoms with Crippen LogP contribution >= 0.6 is 0 Å². The van der Waals surface area contributed by atoms with Crippen LogP contribution < -0.4 is 4.74 Å². The van der Waals surface area contributed by atoms with Crippen LogP contribution in [-0.2, 0) is 4.79 Å². The van der Waals surface area contributed by atoms with E-state index in [4.69, 9.17) is 4.74 Å². The van der Waals surface area contributed by atoms with Gasteiger partial charge in [0.25, 0.3) is 5.91 Å². The number of nitrogens with zero attached hydrogens (tertiary/aromatic N) is 4. The Morgan fingerprint density at radius 1 is 1.21 bits per heavy atom. The van der Waals surface area contributed by atoms with Crippen LogP contribution in [0.3, 0.4) is 0 Å². The minimum Gasteiger partial charge on any atom is -0.483 e. The second kappa shape index (κ2) is 8.64. The molecule has 1 fully saturated rings. The predicted molar refractivity (Wildman–Crippen MR) is 112 cm³/mol. The molecule has 2 aromatic heterocycles. The Labute approximate surface area is 171 Å². The predicted octanol–water partition coefficient (Wildman–Crippen LogP) is 4.03. The number of ether oxygens (including phenoxy) is 1. The number of amides is 1. The monoisotopic (exact) mass is 392 g/mol. The summed E-state index contributed by atoms with van der Waals surface area (Å²) in [5, 5.41) is 8.65. The van der Waals surface area contributed by atoms with Crippen molar-refractivity contribution in [2.24, 2.45) is 0 Å². The molecule has 0 saturated carbocycles. The van der Waals surface area contributed by atoms with E-state index in [0.717, 1.165) is 48.6 Å². The number of hydrogen-bond donors (Lipinski definition) is 0. The summed E-state index contributed by atoms with van der Waals surface area (Å²) in [5.41, 5.74) is 2.00. The molecule has 0 N–H and O–H groups in total. The van der Waals surface area contributed by atoms with Gasteiger partial charge in [-0.25, -0.2) is 0 Å². The molecule has 29 heavy (non-hydrogen) atoms. The molecule has 152 valence electrons. The number of aromatic nitrogens is 3. The van der Waals surface area contributed by atoms with E-state index in [1.165, 1.54) is 0 Å². The molecule has 1 aliphatic heterocycles. The molecule has 0 aliphatic carbocycles. The summed E-state index contributed by atoms with van der Waals surface area (Å²) < 4.78 is 7.97. The SMILES string of the molecule is CCC(C)c1ccccc1OCC(=O)N1CCCC(c2nnc3ccccn23)C1. The second-order valence-corrected chi connectivity index (χ2v) is 7.80. The van der Waals surface area contributed by atoms with Crippen molar-refractivity contribution in [1.29, 1.82) is 0 Å². The highest BCUT2D eigenvalue weighted by Crippen LogP contribution is 2.29. The highest BCUT2D eigenvalue weighted by molar-refractivity contribution is 5.78. The first kappa shape index (κ1) is 19.4. The van der Waals surface area contributed by atoms with Crippen molar-refractivity contribution < 1.29 is 9.53 Å². The number of rotatable bonds is 6. The van der Waals surface area contributed by atoms with Crippen LogP contribution in [0.2, 0.25) is 0 Å². The van der Waals surface area contributed by atoms with Crippen LogP contribution in [0, 0.1) is 0 Å². The van der Waals surface area contributed by atoms with E-state index in [1.807, 2.05) is 51.9 Å².